The summed E-state index contributed by atoms with van der Waals surface area (Å²) in [5.74, 6) is -0.0510. The summed E-state index contributed by atoms with van der Waals surface area (Å²) in [6.45, 7) is 0.193. The maximum Gasteiger partial charge on any atom is 0.165 e. The van der Waals surface area contributed by atoms with Gasteiger partial charge in [-0.3, -0.25) is 0 Å². The van der Waals surface area contributed by atoms with Gasteiger partial charge in [-0.1, -0.05) is 6.07 Å². The van der Waals surface area contributed by atoms with E-state index >= 15 is 0 Å². The number of hydrogen-bond acceptors (Lipinski definition) is 2. The predicted molar refractivity (Wildman–Crippen MR) is 53.0 cm³/mol. The zero-order chi connectivity index (χ0) is 10.4. The molecular weight excluding hydrogens is 183 g/mol. The summed E-state index contributed by atoms with van der Waals surface area (Å²) in [5, 5.41) is 8.59. The van der Waals surface area contributed by atoms with Crippen LogP contribution in [0.2, 0.25) is 0 Å². The molecule has 0 fully saturated rings. The Morgan fingerprint density at radius 3 is 2.71 bits per heavy atom. The maximum absolute atomic E-state index is 13.2. The van der Waals surface area contributed by atoms with Crippen molar-refractivity contribution in [2.45, 2.75) is 19.3 Å². The van der Waals surface area contributed by atoms with Crippen molar-refractivity contribution in [2.24, 2.45) is 0 Å². The molecule has 1 rings (SSSR count). The number of benzene rings is 1. The smallest absolute Gasteiger partial charge is 0.165 e. The largest absolute Gasteiger partial charge is 0.494 e. The Morgan fingerprint density at radius 1 is 1.36 bits per heavy atom. The first kappa shape index (κ1) is 11.0. The van der Waals surface area contributed by atoms with Gasteiger partial charge in [0.25, 0.3) is 0 Å². The molecule has 0 amide bonds. The van der Waals surface area contributed by atoms with Gasteiger partial charge in [-0.25, -0.2) is 4.39 Å². The minimum atomic E-state index is -0.325. The lowest BCUT2D eigenvalue weighted by atomic mass is 10.1. The number of aliphatic hydroxyl groups excluding tert-OH is 1. The van der Waals surface area contributed by atoms with Crippen molar-refractivity contribution < 1.29 is 14.2 Å². The number of hydrogen-bond donors (Lipinski definition) is 1. The van der Waals surface area contributed by atoms with Gasteiger partial charge in [0.05, 0.1) is 7.11 Å². The van der Waals surface area contributed by atoms with Crippen LogP contribution >= 0.6 is 0 Å². The van der Waals surface area contributed by atoms with Gasteiger partial charge >= 0.3 is 0 Å². The number of aliphatic hydroxyl groups is 1. The highest BCUT2D eigenvalue weighted by atomic mass is 19.1. The molecule has 78 valence electrons. The molecule has 0 bridgehead atoms. The van der Waals surface area contributed by atoms with Crippen LogP contribution in [0, 0.1) is 5.82 Å². The molecule has 0 aliphatic carbocycles. The van der Waals surface area contributed by atoms with Crippen LogP contribution in [0.1, 0.15) is 18.4 Å². The number of ether oxygens (including phenoxy) is 1. The van der Waals surface area contributed by atoms with E-state index in [1.807, 2.05) is 6.07 Å². The number of unbranched alkanes of at least 4 members (excludes halogenated alkanes) is 1. The van der Waals surface area contributed by atoms with Gasteiger partial charge in [0.15, 0.2) is 11.6 Å². The second-order valence-corrected chi connectivity index (χ2v) is 3.15. The average molecular weight is 198 g/mol. The standard InChI is InChI=1S/C11H15FO2/c1-14-11-6-5-9(8-10(11)12)4-2-3-7-13/h5-6,8,13H,2-4,7H2,1H3. The molecule has 0 aliphatic rings. The Kier molecular flexibility index (Phi) is 4.40. The molecular formula is C11H15FO2. The van der Waals surface area contributed by atoms with Crippen molar-refractivity contribution in [1.29, 1.82) is 0 Å². The summed E-state index contributed by atoms with van der Waals surface area (Å²) in [5.41, 5.74) is 0.941. The molecule has 0 saturated carbocycles. The Morgan fingerprint density at radius 2 is 2.14 bits per heavy atom. The van der Waals surface area contributed by atoms with Gasteiger partial charge in [-0.15, -0.1) is 0 Å². The fraction of sp³-hybridized carbons (Fsp3) is 0.455. The maximum atomic E-state index is 13.2. The van der Waals surface area contributed by atoms with Crippen LogP contribution in [0.4, 0.5) is 4.39 Å². The summed E-state index contributed by atoms with van der Waals surface area (Å²) < 4.78 is 18.0. The van der Waals surface area contributed by atoms with E-state index in [2.05, 4.69) is 0 Å². The highest BCUT2D eigenvalue weighted by Crippen LogP contribution is 2.18. The molecule has 1 aromatic rings. The second kappa shape index (κ2) is 5.60. The van der Waals surface area contributed by atoms with E-state index in [1.165, 1.54) is 13.2 Å². The lowest BCUT2D eigenvalue weighted by Gasteiger charge is -2.04. The normalized spacial score (nSPS) is 10.2. The number of rotatable bonds is 5. The first-order valence-electron chi connectivity index (χ1n) is 4.71. The molecule has 0 radical (unpaired) electrons. The summed E-state index contributed by atoms with van der Waals surface area (Å²) in [6, 6.07) is 4.96. The molecule has 14 heavy (non-hydrogen) atoms. The van der Waals surface area contributed by atoms with Crippen LogP contribution < -0.4 is 4.74 Å². The number of aryl methyl sites for hydroxylation is 1. The van der Waals surface area contributed by atoms with Crippen LogP contribution in [0.5, 0.6) is 5.75 Å². The van der Waals surface area contributed by atoms with Crippen molar-refractivity contribution in [3.63, 3.8) is 0 Å². The average Bonchev–Trinajstić information content (AvgIpc) is 2.18. The molecule has 3 heteroatoms. The molecule has 0 atom stereocenters. The Labute approximate surface area is 83.3 Å². The number of methoxy groups -OCH3 is 1. The van der Waals surface area contributed by atoms with E-state index in [4.69, 9.17) is 9.84 Å². The summed E-state index contributed by atoms with van der Waals surface area (Å²) in [6.07, 6.45) is 2.43. The summed E-state index contributed by atoms with van der Waals surface area (Å²) in [7, 11) is 1.45. The Hall–Kier alpha value is -1.09. The first-order valence-corrected chi connectivity index (χ1v) is 4.71. The zero-order valence-corrected chi connectivity index (χ0v) is 8.29. The zero-order valence-electron chi connectivity index (χ0n) is 8.29. The van der Waals surface area contributed by atoms with E-state index in [0.29, 0.717) is 0 Å². The predicted octanol–water partition coefficient (Wildman–Crippen LogP) is 2.15. The number of halogens is 1. The van der Waals surface area contributed by atoms with E-state index in [-0.39, 0.29) is 18.2 Å². The molecule has 0 heterocycles. The molecule has 0 unspecified atom stereocenters. The fourth-order valence-corrected chi connectivity index (χ4v) is 1.31. The van der Waals surface area contributed by atoms with E-state index in [9.17, 15) is 4.39 Å². The lowest BCUT2D eigenvalue weighted by Crippen LogP contribution is -1.92. The van der Waals surface area contributed by atoms with Gasteiger partial charge in [0.1, 0.15) is 0 Å². The topological polar surface area (TPSA) is 29.5 Å². The molecule has 1 N–H and O–H groups in total. The van der Waals surface area contributed by atoms with Crippen LogP contribution in [0.25, 0.3) is 0 Å². The van der Waals surface area contributed by atoms with Crippen LogP contribution in [0.3, 0.4) is 0 Å². The highest BCUT2D eigenvalue weighted by Gasteiger charge is 2.02. The van der Waals surface area contributed by atoms with E-state index in [1.54, 1.807) is 6.07 Å². The molecule has 0 aromatic heterocycles. The molecule has 0 saturated heterocycles. The van der Waals surface area contributed by atoms with Crippen molar-refractivity contribution in [3.05, 3.63) is 29.6 Å². The van der Waals surface area contributed by atoms with Gasteiger partial charge in [-0.2, -0.15) is 0 Å². The van der Waals surface area contributed by atoms with Crippen LogP contribution in [0.15, 0.2) is 18.2 Å². The Balaban J connectivity index is 2.57. The van der Waals surface area contributed by atoms with E-state index < -0.39 is 0 Å². The monoisotopic (exact) mass is 198 g/mol. The van der Waals surface area contributed by atoms with Crippen molar-refractivity contribution in [2.75, 3.05) is 13.7 Å². The van der Waals surface area contributed by atoms with Gasteiger partial charge in [0.2, 0.25) is 0 Å². The third-order valence-corrected chi connectivity index (χ3v) is 2.09. The quantitative estimate of drug-likeness (QED) is 0.734. The van der Waals surface area contributed by atoms with Gasteiger partial charge in [0, 0.05) is 6.61 Å². The van der Waals surface area contributed by atoms with Crippen molar-refractivity contribution in [3.8, 4) is 5.75 Å². The fourth-order valence-electron chi connectivity index (χ4n) is 1.31. The minimum absolute atomic E-state index is 0.193. The van der Waals surface area contributed by atoms with Crippen molar-refractivity contribution in [1.82, 2.24) is 0 Å². The summed E-state index contributed by atoms with van der Waals surface area (Å²) in [4.78, 5) is 0. The molecule has 2 nitrogen and oxygen atoms in total. The minimum Gasteiger partial charge on any atom is -0.494 e. The lowest BCUT2D eigenvalue weighted by molar-refractivity contribution is 0.284. The van der Waals surface area contributed by atoms with Crippen molar-refractivity contribution >= 4 is 0 Å². The second-order valence-electron chi connectivity index (χ2n) is 3.15. The molecule has 1 aromatic carbocycles. The summed E-state index contributed by atoms with van der Waals surface area (Å²) >= 11 is 0. The molecule has 0 aliphatic heterocycles. The third kappa shape index (κ3) is 3.00. The third-order valence-electron chi connectivity index (χ3n) is 2.09. The highest BCUT2D eigenvalue weighted by molar-refractivity contribution is 5.29. The Bertz CT molecular complexity index is 287. The van der Waals surface area contributed by atoms with Gasteiger partial charge < -0.3 is 9.84 Å². The van der Waals surface area contributed by atoms with Gasteiger partial charge in [-0.05, 0) is 37.0 Å². The van der Waals surface area contributed by atoms with Crippen LogP contribution in [-0.2, 0) is 6.42 Å². The SMILES string of the molecule is COc1ccc(CCCCO)cc1F. The van der Waals surface area contributed by atoms with Crippen LogP contribution in [-0.4, -0.2) is 18.8 Å². The molecule has 0 spiro atoms. The van der Waals surface area contributed by atoms with E-state index in [0.717, 1.165) is 24.8 Å². The first-order chi connectivity index (χ1) is 6.77.